The second kappa shape index (κ2) is 5.67. The molecule has 1 aliphatic rings. The zero-order valence-corrected chi connectivity index (χ0v) is 13.9. The number of benzene rings is 1. The molecule has 0 radical (unpaired) electrons. The number of imidazole rings is 1. The Morgan fingerprint density at radius 3 is 2.95 bits per heavy atom. The molecule has 3 amide bonds. The average Bonchev–Trinajstić information content (AvgIpc) is 2.77. The van der Waals surface area contributed by atoms with Crippen LogP contribution in [-0.2, 0) is 16.6 Å². The molecule has 0 aliphatic carbocycles. The first-order valence-electron chi connectivity index (χ1n) is 6.72. The Morgan fingerprint density at radius 2 is 2.23 bits per heavy atom. The number of hydrogen-bond acceptors (Lipinski definition) is 4. The van der Waals surface area contributed by atoms with Gasteiger partial charge in [0.1, 0.15) is 6.04 Å². The predicted molar refractivity (Wildman–Crippen MR) is 87.1 cm³/mol. The molecule has 1 aromatic carbocycles. The van der Waals surface area contributed by atoms with Crippen molar-refractivity contribution in [2.24, 2.45) is 7.05 Å². The fourth-order valence-corrected chi connectivity index (χ4v) is 2.89. The molecule has 8 heteroatoms. The lowest BCUT2D eigenvalue weighted by molar-refractivity contribution is -0.134. The van der Waals surface area contributed by atoms with E-state index >= 15 is 0 Å². The van der Waals surface area contributed by atoms with Gasteiger partial charge in [-0.1, -0.05) is 0 Å². The van der Waals surface area contributed by atoms with Crippen LogP contribution in [0.2, 0.25) is 0 Å². The molecular formula is C14H13IN4O3. The van der Waals surface area contributed by atoms with Crippen LogP contribution >= 0.6 is 22.6 Å². The Balaban J connectivity index is 1.81. The molecular weight excluding hydrogens is 399 g/mol. The lowest BCUT2D eigenvalue weighted by Gasteiger charge is -2.21. The van der Waals surface area contributed by atoms with E-state index in [1.807, 2.05) is 11.6 Å². The number of imide groups is 1. The van der Waals surface area contributed by atoms with Crippen molar-refractivity contribution in [3.8, 4) is 0 Å². The van der Waals surface area contributed by atoms with Crippen LogP contribution in [-0.4, -0.2) is 33.3 Å². The summed E-state index contributed by atoms with van der Waals surface area (Å²) in [7, 11) is 1.87. The summed E-state index contributed by atoms with van der Waals surface area (Å²) in [6.45, 7) is 0. The number of amides is 3. The molecule has 1 fully saturated rings. The molecule has 7 nitrogen and oxygen atoms in total. The Labute approximate surface area is 139 Å². The fourth-order valence-electron chi connectivity index (χ4n) is 2.37. The molecule has 22 heavy (non-hydrogen) atoms. The van der Waals surface area contributed by atoms with Crippen molar-refractivity contribution in [1.82, 2.24) is 20.2 Å². The van der Waals surface area contributed by atoms with E-state index in [0.717, 1.165) is 14.9 Å². The third-order valence-electron chi connectivity index (χ3n) is 3.63. The molecule has 2 aromatic rings. The van der Waals surface area contributed by atoms with Crippen molar-refractivity contribution in [2.75, 3.05) is 0 Å². The number of piperidine rings is 1. The summed E-state index contributed by atoms with van der Waals surface area (Å²) in [6, 6.07) is 4.52. The highest BCUT2D eigenvalue weighted by molar-refractivity contribution is 14.1. The highest BCUT2D eigenvalue weighted by atomic mass is 127. The van der Waals surface area contributed by atoms with Gasteiger partial charge in [0.2, 0.25) is 11.8 Å². The lowest BCUT2D eigenvalue weighted by Crippen LogP contribution is -2.52. The maximum absolute atomic E-state index is 12.3. The second-order valence-corrected chi connectivity index (χ2v) is 6.09. The average molecular weight is 412 g/mol. The van der Waals surface area contributed by atoms with E-state index in [0.29, 0.717) is 12.0 Å². The molecule has 1 unspecified atom stereocenters. The minimum absolute atomic E-state index is 0.232. The van der Waals surface area contributed by atoms with Crippen molar-refractivity contribution in [3.05, 3.63) is 27.6 Å². The highest BCUT2D eigenvalue weighted by Gasteiger charge is 2.28. The summed E-state index contributed by atoms with van der Waals surface area (Å²) >= 11 is 2.12. The van der Waals surface area contributed by atoms with Gasteiger partial charge in [-0.05, 0) is 47.2 Å². The quantitative estimate of drug-likeness (QED) is 0.562. The van der Waals surface area contributed by atoms with Gasteiger partial charge in [-0.2, -0.15) is 0 Å². The molecule has 2 heterocycles. The number of carbonyl (C=O) groups is 3. The molecule has 1 saturated heterocycles. The number of fused-ring (bicyclic) bond motifs is 1. The van der Waals surface area contributed by atoms with E-state index in [1.54, 1.807) is 18.2 Å². The van der Waals surface area contributed by atoms with Crippen molar-refractivity contribution in [1.29, 1.82) is 0 Å². The summed E-state index contributed by atoms with van der Waals surface area (Å²) in [5, 5.41) is 4.88. The van der Waals surface area contributed by atoms with Crippen molar-refractivity contribution < 1.29 is 14.4 Å². The van der Waals surface area contributed by atoms with Crippen molar-refractivity contribution in [3.63, 3.8) is 0 Å². The third-order valence-corrected chi connectivity index (χ3v) is 4.60. The van der Waals surface area contributed by atoms with Gasteiger partial charge in [-0.25, -0.2) is 4.98 Å². The molecule has 114 valence electrons. The summed E-state index contributed by atoms with van der Waals surface area (Å²) in [5.41, 5.74) is 2.11. The van der Waals surface area contributed by atoms with Gasteiger partial charge in [0.15, 0.2) is 3.83 Å². The smallest absolute Gasteiger partial charge is 0.252 e. The SMILES string of the molecule is Cn1c(I)nc2ccc(C(=O)NC3CCC(=O)NC3=O)cc21. The van der Waals surface area contributed by atoms with E-state index in [9.17, 15) is 14.4 Å². The van der Waals surface area contributed by atoms with Crippen LogP contribution in [0.4, 0.5) is 0 Å². The van der Waals surface area contributed by atoms with Crippen molar-refractivity contribution >= 4 is 51.3 Å². The molecule has 0 bridgehead atoms. The molecule has 3 rings (SSSR count). The van der Waals surface area contributed by atoms with Crippen LogP contribution in [0.15, 0.2) is 18.2 Å². The Kier molecular flexibility index (Phi) is 3.85. The standard InChI is InChI=1S/C14H13IN4O3/c1-19-10-6-7(2-3-8(10)17-14(19)15)12(21)16-9-4-5-11(20)18-13(9)22/h2-3,6,9H,4-5H2,1H3,(H,16,21)(H,18,20,22). The number of halogens is 1. The first-order valence-corrected chi connectivity index (χ1v) is 7.80. The van der Waals surface area contributed by atoms with Gasteiger partial charge < -0.3 is 9.88 Å². The van der Waals surface area contributed by atoms with Crippen LogP contribution in [0.5, 0.6) is 0 Å². The maximum atomic E-state index is 12.3. The summed E-state index contributed by atoms with van der Waals surface area (Å²) < 4.78 is 2.72. The zero-order chi connectivity index (χ0) is 15.9. The topological polar surface area (TPSA) is 93.1 Å². The second-order valence-electron chi connectivity index (χ2n) is 5.12. The minimum Gasteiger partial charge on any atom is -0.340 e. The number of carbonyl (C=O) groups excluding carboxylic acids is 3. The van der Waals surface area contributed by atoms with E-state index in [4.69, 9.17) is 0 Å². The van der Waals surface area contributed by atoms with Gasteiger partial charge in [0.25, 0.3) is 5.91 Å². The number of aromatic nitrogens is 2. The molecule has 0 spiro atoms. The largest absolute Gasteiger partial charge is 0.340 e. The van der Waals surface area contributed by atoms with Gasteiger partial charge in [-0.15, -0.1) is 0 Å². The molecule has 1 aliphatic heterocycles. The van der Waals surface area contributed by atoms with Crippen LogP contribution in [0.25, 0.3) is 11.0 Å². The monoisotopic (exact) mass is 412 g/mol. The molecule has 1 atom stereocenters. The summed E-state index contributed by atoms with van der Waals surface area (Å²) in [5.74, 6) is -1.10. The third kappa shape index (κ3) is 2.70. The van der Waals surface area contributed by atoms with E-state index < -0.39 is 11.9 Å². The van der Waals surface area contributed by atoms with Crippen LogP contribution in [0.1, 0.15) is 23.2 Å². The predicted octanol–water partition coefficient (Wildman–Crippen LogP) is 0.713. The number of rotatable bonds is 2. The van der Waals surface area contributed by atoms with E-state index in [2.05, 4.69) is 38.2 Å². The Hall–Kier alpha value is -1.97. The zero-order valence-electron chi connectivity index (χ0n) is 11.7. The van der Waals surface area contributed by atoms with Gasteiger partial charge >= 0.3 is 0 Å². The normalized spacial score (nSPS) is 18.4. The molecule has 1 aromatic heterocycles. The first-order chi connectivity index (χ1) is 10.5. The molecule has 2 N–H and O–H groups in total. The number of hydrogen-bond donors (Lipinski definition) is 2. The van der Waals surface area contributed by atoms with Crippen LogP contribution in [0, 0.1) is 3.83 Å². The number of nitrogens with zero attached hydrogens (tertiary/aromatic N) is 2. The van der Waals surface area contributed by atoms with Crippen molar-refractivity contribution in [2.45, 2.75) is 18.9 Å². The Morgan fingerprint density at radius 1 is 1.45 bits per heavy atom. The fraction of sp³-hybridized carbons (Fsp3) is 0.286. The van der Waals surface area contributed by atoms with E-state index in [1.165, 1.54) is 0 Å². The van der Waals surface area contributed by atoms with Gasteiger partial charge in [0, 0.05) is 19.0 Å². The highest BCUT2D eigenvalue weighted by Crippen LogP contribution is 2.18. The number of aryl methyl sites for hydroxylation is 1. The summed E-state index contributed by atoms with van der Waals surface area (Å²) in [6.07, 6.45) is 0.553. The molecule has 0 saturated carbocycles. The first kappa shape index (κ1) is 14.9. The lowest BCUT2D eigenvalue weighted by atomic mass is 10.1. The van der Waals surface area contributed by atoms with E-state index in [-0.39, 0.29) is 18.2 Å². The van der Waals surface area contributed by atoms with Gasteiger partial charge in [-0.3, -0.25) is 19.7 Å². The van der Waals surface area contributed by atoms with Crippen LogP contribution < -0.4 is 10.6 Å². The summed E-state index contributed by atoms with van der Waals surface area (Å²) in [4.78, 5) is 39.4. The Bertz CT molecular complexity index is 799. The maximum Gasteiger partial charge on any atom is 0.252 e. The van der Waals surface area contributed by atoms with Crippen LogP contribution in [0.3, 0.4) is 0 Å². The minimum atomic E-state index is -0.674. The van der Waals surface area contributed by atoms with Gasteiger partial charge in [0.05, 0.1) is 11.0 Å². The number of nitrogens with one attached hydrogen (secondary N) is 2.